The van der Waals surface area contributed by atoms with Crippen LogP contribution in [0.5, 0.6) is 17.2 Å². The molecule has 0 aliphatic heterocycles. The third-order valence-corrected chi connectivity index (χ3v) is 4.66. The third kappa shape index (κ3) is 6.60. The second-order valence-electron chi connectivity index (χ2n) is 7.22. The summed E-state index contributed by atoms with van der Waals surface area (Å²) in [6.45, 7) is 6.65. The van der Waals surface area contributed by atoms with Crippen molar-refractivity contribution in [2.75, 3.05) is 13.2 Å². The lowest BCUT2D eigenvalue weighted by molar-refractivity contribution is -0.123. The van der Waals surface area contributed by atoms with Crippen molar-refractivity contribution >= 4 is 12.1 Å². The van der Waals surface area contributed by atoms with Crippen molar-refractivity contribution in [1.29, 1.82) is 0 Å². The molecular weight excluding hydrogens is 404 g/mol. The van der Waals surface area contributed by atoms with Crippen LogP contribution < -0.4 is 19.6 Å². The maximum absolute atomic E-state index is 12.1. The van der Waals surface area contributed by atoms with Crippen molar-refractivity contribution < 1.29 is 19.0 Å². The van der Waals surface area contributed by atoms with Crippen LogP contribution in [0.1, 0.15) is 29.2 Å². The highest BCUT2D eigenvalue weighted by molar-refractivity contribution is 5.83. The molecule has 0 aliphatic carbocycles. The number of benzene rings is 3. The first-order valence-corrected chi connectivity index (χ1v) is 10.5. The number of carbonyl (C=O) groups excluding carboxylic acids is 1. The zero-order chi connectivity index (χ0) is 22.8. The average Bonchev–Trinajstić information content (AvgIpc) is 2.79. The van der Waals surface area contributed by atoms with E-state index in [0.717, 1.165) is 28.0 Å². The largest absolute Gasteiger partial charge is 0.490 e. The molecule has 1 amide bonds. The van der Waals surface area contributed by atoms with Gasteiger partial charge in [-0.25, -0.2) is 5.43 Å². The second kappa shape index (κ2) is 11.6. The molecule has 32 heavy (non-hydrogen) atoms. The maximum atomic E-state index is 12.1. The minimum atomic E-state index is -0.336. The molecule has 0 fully saturated rings. The average molecular weight is 433 g/mol. The summed E-state index contributed by atoms with van der Waals surface area (Å²) in [5.41, 5.74) is 6.31. The van der Waals surface area contributed by atoms with Crippen LogP contribution in [0.2, 0.25) is 0 Å². The lowest BCUT2D eigenvalue weighted by Gasteiger charge is -2.12. The number of rotatable bonds is 10. The van der Waals surface area contributed by atoms with Crippen molar-refractivity contribution in [1.82, 2.24) is 5.43 Å². The number of aryl methyl sites for hydroxylation is 2. The Bertz CT molecular complexity index is 1040. The van der Waals surface area contributed by atoms with Gasteiger partial charge in [-0.1, -0.05) is 48.5 Å². The Hall–Kier alpha value is -3.80. The van der Waals surface area contributed by atoms with E-state index >= 15 is 0 Å². The molecule has 0 heterocycles. The number of nitrogens with zero attached hydrogens (tertiary/aromatic N) is 1. The van der Waals surface area contributed by atoms with E-state index in [2.05, 4.69) is 10.5 Å². The van der Waals surface area contributed by atoms with E-state index in [-0.39, 0.29) is 12.5 Å². The molecule has 0 radical (unpaired) electrons. The van der Waals surface area contributed by atoms with Crippen molar-refractivity contribution in [3.05, 3.63) is 89.0 Å². The van der Waals surface area contributed by atoms with Gasteiger partial charge < -0.3 is 14.2 Å². The predicted molar refractivity (Wildman–Crippen MR) is 126 cm³/mol. The standard InChI is InChI=1S/C26H28N2O4/c1-4-30-24-15-22(13-14-23(24)31-17-21-11-6-5-7-12-21)16-27-28-25(29)18-32-26-19(2)9-8-10-20(26)3/h5-16H,4,17-18H2,1-3H3,(H,28,29)/b27-16-. The lowest BCUT2D eigenvalue weighted by atomic mass is 10.1. The summed E-state index contributed by atoms with van der Waals surface area (Å²) in [7, 11) is 0. The Kier molecular flexibility index (Phi) is 8.26. The summed E-state index contributed by atoms with van der Waals surface area (Å²) in [4.78, 5) is 12.1. The predicted octanol–water partition coefficient (Wildman–Crippen LogP) is 4.81. The van der Waals surface area contributed by atoms with Crippen molar-refractivity contribution in [2.45, 2.75) is 27.4 Å². The van der Waals surface area contributed by atoms with Gasteiger partial charge in [-0.2, -0.15) is 5.10 Å². The van der Waals surface area contributed by atoms with E-state index in [9.17, 15) is 4.79 Å². The smallest absolute Gasteiger partial charge is 0.277 e. The van der Waals surface area contributed by atoms with E-state index < -0.39 is 0 Å². The fourth-order valence-corrected chi connectivity index (χ4v) is 3.10. The topological polar surface area (TPSA) is 69.2 Å². The van der Waals surface area contributed by atoms with Gasteiger partial charge >= 0.3 is 0 Å². The van der Waals surface area contributed by atoms with E-state index in [4.69, 9.17) is 14.2 Å². The fraction of sp³-hybridized carbons (Fsp3) is 0.231. The highest BCUT2D eigenvalue weighted by atomic mass is 16.5. The molecule has 3 aromatic rings. The number of hydrogen-bond donors (Lipinski definition) is 1. The van der Waals surface area contributed by atoms with Crippen LogP contribution >= 0.6 is 0 Å². The molecule has 0 spiro atoms. The number of ether oxygens (including phenoxy) is 3. The van der Waals surface area contributed by atoms with E-state index in [1.165, 1.54) is 0 Å². The van der Waals surface area contributed by atoms with Crippen LogP contribution in [0.4, 0.5) is 0 Å². The van der Waals surface area contributed by atoms with Crippen LogP contribution in [0.25, 0.3) is 0 Å². The van der Waals surface area contributed by atoms with E-state index in [0.29, 0.717) is 24.7 Å². The molecule has 6 heteroatoms. The Morgan fingerprint density at radius 3 is 2.38 bits per heavy atom. The van der Waals surface area contributed by atoms with Gasteiger partial charge in [0, 0.05) is 0 Å². The number of hydrogen-bond acceptors (Lipinski definition) is 5. The molecule has 6 nitrogen and oxygen atoms in total. The maximum Gasteiger partial charge on any atom is 0.277 e. The third-order valence-electron chi connectivity index (χ3n) is 4.66. The molecule has 0 saturated carbocycles. The minimum Gasteiger partial charge on any atom is -0.490 e. The van der Waals surface area contributed by atoms with E-state index in [1.54, 1.807) is 6.21 Å². The van der Waals surface area contributed by atoms with Crippen molar-refractivity contribution in [3.8, 4) is 17.2 Å². The van der Waals surface area contributed by atoms with Crippen LogP contribution in [0, 0.1) is 13.8 Å². The molecule has 166 valence electrons. The van der Waals surface area contributed by atoms with Crippen LogP contribution in [0.3, 0.4) is 0 Å². The molecule has 0 atom stereocenters. The first-order valence-electron chi connectivity index (χ1n) is 10.5. The van der Waals surface area contributed by atoms with Gasteiger partial charge in [0.2, 0.25) is 0 Å². The molecule has 0 unspecified atom stereocenters. The van der Waals surface area contributed by atoms with Crippen LogP contribution in [-0.2, 0) is 11.4 Å². The first-order chi connectivity index (χ1) is 15.6. The summed E-state index contributed by atoms with van der Waals surface area (Å²) in [6.07, 6.45) is 1.56. The molecule has 0 aromatic heterocycles. The molecule has 1 N–H and O–H groups in total. The number of para-hydroxylation sites is 1. The quantitative estimate of drug-likeness (QED) is 0.369. The summed E-state index contributed by atoms with van der Waals surface area (Å²) < 4.78 is 17.3. The van der Waals surface area contributed by atoms with Crippen LogP contribution in [-0.4, -0.2) is 25.3 Å². The molecular formula is C26H28N2O4. The first kappa shape index (κ1) is 22.9. The number of hydrazone groups is 1. The van der Waals surface area contributed by atoms with Crippen molar-refractivity contribution in [3.63, 3.8) is 0 Å². The van der Waals surface area contributed by atoms with Gasteiger partial charge in [-0.3, -0.25) is 4.79 Å². The second-order valence-corrected chi connectivity index (χ2v) is 7.22. The fourth-order valence-electron chi connectivity index (χ4n) is 3.10. The Morgan fingerprint density at radius 2 is 1.66 bits per heavy atom. The molecule has 3 rings (SSSR count). The van der Waals surface area contributed by atoms with E-state index in [1.807, 2.05) is 87.5 Å². The molecule has 3 aromatic carbocycles. The van der Waals surface area contributed by atoms with Gasteiger partial charge in [0.1, 0.15) is 12.4 Å². The molecule has 0 aliphatic rings. The summed E-state index contributed by atoms with van der Waals surface area (Å²) in [6, 6.07) is 21.3. The van der Waals surface area contributed by atoms with Gasteiger partial charge in [0.05, 0.1) is 12.8 Å². The normalized spacial score (nSPS) is 10.7. The Morgan fingerprint density at radius 1 is 0.906 bits per heavy atom. The van der Waals surface area contributed by atoms with Gasteiger partial charge in [0.15, 0.2) is 18.1 Å². The Balaban J connectivity index is 1.56. The number of nitrogens with one attached hydrogen (secondary N) is 1. The van der Waals surface area contributed by atoms with Gasteiger partial charge in [0.25, 0.3) is 5.91 Å². The highest BCUT2D eigenvalue weighted by Crippen LogP contribution is 2.29. The SMILES string of the molecule is CCOc1cc(/C=N\NC(=O)COc2c(C)cccc2C)ccc1OCc1ccccc1. The minimum absolute atomic E-state index is 0.112. The summed E-state index contributed by atoms with van der Waals surface area (Å²) in [5, 5.41) is 4.02. The number of carbonyl (C=O) groups is 1. The molecule has 0 saturated heterocycles. The van der Waals surface area contributed by atoms with Gasteiger partial charge in [-0.15, -0.1) is 0 Å². The molecule has 0 bridgehead atoms. The Labute approximate surface area is 188 Å². The number of amides is 1. The zero-order valence-electron chi connectivity index (χ0n) is 18.6. The van der Waals surface area contributed by atoms with Gasteiger partial charge in [-0.05, 0) is 61.2 Å². The lowest BCUT2D eigenvalue weighted by Crippen LogP contribution is -2.25. The summed E-state index contributed by atoms with van der Waals surface area (Å²) in [5.74, 6) is 1.66. The zero-order valence-corrected chi connectivity index (χ0v) is 18.6. The monoisotopic (exact) mass is 432 g/mol. The van der Waals surface area contributed by atoms with Crippen LogP contribution in [0.15, 0.2) is 71.8 Å². The van der Waals surface area contributed by atoms with Crippen molar-refractivity contribution in [2.24, 2.45) is 5.10 Å². The highest BCUT2D eigenvalue weighted by Gasteiger charge is 2.08. The summed E-state index contributed by atoms with van der Waals surface area (Å²) >= 11 is 0.